The molecule has 1 saturated heterocycles. The van der Waals surface area contributed by atoms with E-state index in [1.165, 1.54) is 19.3 Å². The SMILES string of the molecule is C[C@]12CCC3(CC1=CC[C@H]1[C@H]2CC[C@]2(C)C(=O)CC[C@H]12)OCCO3. The normalized spacial score (nSPS) is 49.5. The van der Waals surface area contributed by atoms with Crippen molar-refractivity contribution in [1.82, 2.24) is 0 Å². The highest BCUT2D eigenvalue weighted by Gasteiger charge is 2.60. The second-order valence-corrected chi connectivity index (χ2v) is 9.46. The average Bonchev–Trinajstić information content (AvgIpc) is 3.14. The molecule has 0 N–H and O–H groups in total. The number of rotatable bonds is 0. The summed E-state index contributed by atoms with van der Waals surface area (Å²) in [5, 5.41) is 0. The fourth-order valence-corrected chi connectivity index (χ4v) is 7.12. The maximum atomic E-state index is 12.5. The van der Waals surface area contributed by atoms with E-state index in [4.69, 9.17) is 9.47 Å². The molecule has 0 aromatic heterocycles. The third kappa shape index (κ3) is 1.89. The van der Waals surface area contributed by atoms with E-state index in [9.17, 15) is 4.79 Å². The lowest BCUT2D eigenvalue weighted by atomic mass is 9.48. The van der Waals surface area contributed by atoms with Crippen molar-refractivity contribution in [3.8, 4) is 0 Å². The molecule has 132 valence electrons. The summed E-state index contributed by atoms with van der Waals surface area (Å²) in [6.45, 7) is 6.26. The van der Waals surface area contributed by atoms with Crippen molar-refractivity contribution in [3.63, 3.8) is 0 Å². The van der Waals surface area contributed by atoms with E-state index in [1.54, 1.807) is 5.57 Å². The van der Waals surface area contributed by atoms with E-state index in [-0.39, 0.29) is 11.2 Å². The highest BCUT2D eigenvalue weighted by Crippen LogP contribution is 2.65. The topological polar surface area (TPSA) is 35.5 Å². The predicted octanol–water partition coefficient (Wildman–Crippen LogP) is 4.26. The largest absolute Gasteiger partial charge is 0.347 e. The molecule has 3 nitrogen and oxygen atoms in total. The Morgan fingerprint density at radius 2 is 1.75 bits per heavy atom. The van der Waals surface area contributed by atoms with Crippen LogP contribution in [0.2, 0.25) is 0 Å². The standard InChI is InChI=1S/C21H30O3/c1-19-9-10-21(23-11-12-24-21)13-14(19)3-4-15-16-5-6-18(22)20(16,2)8-7-17(15)19/h3,15-17H,4-13H2,1-2H3/t15-,16-,17-,19+,20+/m1/s1. The number of hydrogen-bond acceptors (Lipinski definition) is 3. The molecule has 4 fully saturated rings. The summed E-state index contributed by atoms with van der Waals surface area (Å²) in [5.41, 5.74) is 1.87. The summed E-state index contributed by atoms with van der Waals surface area (Å²) in [6.07, 6.45) is 11.1. The van der Waals surface area contributed by atoms with Gasteiger partial charge in [0.25, 0.3) is 0 Å². The molecule has 0 amide bonds. The van der Waals surface area contributed by atoms with Crippen LogP contribution in [0.25, 0.3) is 0 Å². The van der Waals surface area contributed by atoms with Gasteiger partial charge in [-0.2, -0.15) is 0 Å². The van der Waals surface area contributed by atoms with Crippen molar-refractivity contribution >= 4 is 5.78 Å². The highest BCUT2D eigenvalue weighted by atomic mass is 16.7. The van der Waals surface area contributed by atoms with Crippen LogP contribution in [-0.2, 0) is 14.3 Å². The lowest BCUT2D eigenvalue weighted by Crippen LogP contribution is -2.52. The third-order valence-corrected chi connectivity index (χ3v) is 8.63. The predicted molar refractivity (Wildman–Crippen MR) is 91.3 cm³/mol. The van der Waals surface area contributed by atoms with Gasteiger partial charge >= 0.3 is 0 Å². The Bertz CT molecular complexity index is 602. The van der Waals surface area contributed by atoms with Gasteiger partial charge in [-0.25, -0.2) is 0 Å². The van der Waals surface area contributed by atoms with Crippen LogP contribution >= 0.6 is 0 Å². The van der Waals surface area contributed by atoms with Crippen LogP contribution in [-0.4, -0.2) is 24.8 Å². The van der Waals surface area contributed by atoms with Crippen LogP contribution in [0, 0.1) is 28.6 Å². The monoisotopic (exact) mass is 330 g/mol. The molecule has 0 radical (unpaired) electrons. The molecule has 0 aromatic carbocycles. The third-order valence-electron chi connectivity index (χ3n) is 8.63. The van der Waals surface area contributed by atoms with Crippen molar-refractivity contribution in [3.05, 3.63) is 11.6 Å². The molecule has 3 heteroatoms. The van der Waals surface area contributed by atoms with Crippen LogP contribution < -0.4 is 0 Å². The number of hydrogen-bond donors (Lipinski definition) is 0. The Labute approximate surface area is 145 Å². The molecule has 5 rings (SSSR count). The number of ketones is 1. The Hall–Kier alpha value is -0.670. The van der Waals surface area contributed by atoms with Gasteiger partial charge in [-0.05, 0) is 55.3 Å². The van der Waals surface area contributed by atoms with Crippen molar-refractivity contribution in [2.45, 2.75) is 71.0 Å². The molecule has 24 heavy (non-hydrogen) atoms. The van der Waals surface area contributed by atoms with Gasteiger partial charge in [-0.1, -0.05) is 25.5 Å². The molecule has 3 saturated carbocycles. The summed E-state index contributed by atoms with van der Waals surface area (Å²) in [6, 6.07) is 0. The number of ether oxygens (including phenoxy) is 2. The van der Waals surface area contributed by atoms with Gasteiger partial charge in [0.15, 0.2) is 5.79 Å². The number of carbonyl (C=O) groups excluding carboxylic acids is 1. The van der Waals surface area contributed by atoms with E-state index in [2.05, 4.69) is 19.9 Å². The number of carbonyl (C=O) groups is 1. The molecule has 0 bridgehead atoms. The molecule has 5 aliphatic rings. The first kappa shape index (κ1) is 15.6. The second-order valence-electron chi connectivity index (χ2n) is 9.46. The minimum absolute atomic E-state index is 0.0174. The number of Topliss-reactive ketones (excluding diaryl/α,β-unsaturated/α-hetero) is 1. The van der Waals surface area contributed by atoms with Gasteiger partial charge in [0.05, 0.1) is 13.2 Å². The van der Waals surface area contributed by atoms with Crippen molar-refractivity contribution in [2.75, 3.05) is 13.2 Å². The Kier molecular flexibility index (Phi) is 3.21. The van der Waals surface area contributed by atoms with Gasteiger partial charge in [0.2, 0.25) is 0 Å². The van der Waals surface area contributed by atoms with E-state index >= 15 is 0 Å². The van der Waals surface area contributed by atoms with Crippen molar-refractivity contribution in [1.29, 1.82) is 0 Å². The molecule has 1 aliphatic heterocycles. The van der Waals surface area contributed by atoms with Gasteiger partial charge in [0, 0.05) is 24.7 Å². The quantitative estimate of drug-likeness (QED) is 0.623. The van der Waals surface area contributed by atoms with Gasteiger partial charge in [-0.3, -0.25) is 4.79 Å². The molecule has 4 aliphatic carbocycles. The molecule has 1 heterocycles. The zero-order valence-electron chi connectivity index (χ0n) is 15.1. The smallest absolute Gasteiger partial charge is 0.172 e. The maximum Gasteiger partial charge on any atom is 0.172 e. The van der Waals surface area contributed by atoms with Crippen molar-refractivity contribution in [2.24, 2.45) is 28.6 Å². The first-order chi connectivity index (χ1) is 11.5. The van der Waals surface area contributed by atoms with E-state index in [1.807, 2.05) is 0 Å². The Balaban J connectivity index is 1.47. The van der Waals surface area contributed by atoms with Crippen LogP contribution in [0.3, 0.4) is 0 Å². The molecular weight excluding hydrogens is 300 g/mol. The highest BCUT2D eigenvalue weighted by molar-refractivity contribution is 5.87. The summed E-state index contributed by atoms with van der Waals surface area (Å²) in [7, 11) is 0. The summed E-state index contributed by atoms with van der Waals surface area (Å²) >= 11 is 0. The van der Waals surface area contributed by atoms with E-state index in [0.29, 0.717) is 23.0 Å². The zero-order valence-corrected chi connectivity index (χ0v) is 15.1. The lowest BCUT2D eigenvalue weighted by molar-refractivity contribution is -0.185. The average molecular weight is 330 g/mol. The summed E-state index contributed by atoms with van der Waals surface area (Å²) < 4.78 is 12.0. The Morgan fingerprint density at radius 3 is 2.54 bits per heavy atom. The Morgan fingerprint density at radius 1 is 1.00 bits per heavy atom. The molecular formula is C21H30O3. The molecule has 0 unspecified atom stereocenters. The molecule has 5 atom stereocenters. The van der Waals surface area contributed by atoms with Gasteiger partial charge < -0.3 is 9.47 Å². The minimum atomic E-state index is -0.315. The lowest BCUT2D eigenvalue weighted by Gasteiger charge is -2.57. The van der Waals surface area contributed by atoms with Crippen LogP contribution in [0.15, 0.2) is 11.6 Å². The number of fused-ring (bicyclic) bond motifs is 5. The van der Waals surface area contributed by atoms with Gasteiger partial charge in [-0.15, -0.1) is 0 Å². The zero-order chi connectivity index (χ0) is 16.6. The van der Waals surface area contributed by atoms with Crippen LogP contribution in [0.1, 0.15) is 65.2 Å². The first-order valence-electron chi connectivity index (χ1n) is 9.98. The van der Waals surface area contributed by atoms with Gasteiger partial charge in [0.1, 0.15) is 5.78 Å². The molecule has 0 aromatic rings. The minimum Gasteiger partial charge on any atom is -0.347 e. The van der Waals surface area contributed by atoms with Crippen LogP contribution in [0.5, 0.6) is 0 Å². The first-order valence-corrected chi connectivity index (χ1v) is 9.98. The maximum absolute atomic E-state index is 12.5. The number of allylic oxidation sites excluding steroid dienone is 1. The van der Waals surface area contributed by atoms with E-state index in [0.717, 1.165) is 51.2 Å². The van der Waals surface area contributed by atoms with E-state index < -0.39 is 0 Å². The van der Waals surface area contributed by atoms with Crippen molar-refractivity contribution < 1.29 is 14.3 Å². The fraction of sp³-hybridized carbons (Fsp3) is 0.857. The second kappa shape index (κ2) is 4.94. The molecule has 1 spiro atoms. The van der Waals surface area contributed by atoms with Crippen LogP contribution in [0.4, 0.5) is 0 Å². The summed E-state index contributed by atoms with van der Waals surface area (Å²) in [4.78, 5) is 12.5. The summed E-state index contributed by atoms with van der Waals surface area (Å²) in [5.74, 6) is 2.31. The fourth-order valence-electron chi connectivity index (χ4n) is 7.12.